The Morgan fingerprint density at radius 3 is 2.68 bits per heavy atom. The molecule has 2 heterocycles. The van der Waals surface area contributed by atoms with E-state index in [0.29, 0.717) is 12.1 Å². The zero-order valence-electron chi connectivity index (χ0n) is 15.3. The van der Waals surface area contributed by atoms with Gasteiger partial charge in [-0.1, -0.05) is 12.8 Å². The van der Waals surface area contributed by atoms with Crippen LogP contribution >= 0.6 is 11.8 Å². The third-order valence-electron chi connectivity index (χ3n) is 5.97. The van der Waals surface area contributed by atoms with E-state index in [1.165, 1.54) is 43.4 Å². The van der Waals surface area contributed by atoms with Crippen LogP contribution in [0.1, 0.15) is 60.8 Å². The maximum Gasteiger partial charge on any atom is 0.274 e. The summed E-state index contributed by atoms with van der Waals surface area (Å²) in [6.45, 7) is 4.70. The highest BCUT2D eigenvalue weighted by atomic mass is 32.2. The first-order chi connectivity index (χ1) is 12.3. The summed E-state index contributed by atoms with van der Waals surface area (Å²) in [7, 11) is 0. The second-order valence-electron chi connectivity index (χ2n) is 7.58. The van der Waals surface area contributed by atoms with Gasteiger partial charge in [0.1, 0.15) is 0 Å². The van der Waals surface area contributed by atoms with Crippen molar-refractivity contribution in [3.05, 3.63) is 17.0 Å². The van der Waals surface area contributed by atoms with Gasteiger partial charge in [0.2, 0.25) is 0 Å². The van der Waals surface area contributed by atoms with E-state index in [0.717, 1.165) is 49.7 Å². The van der Waals surface area contributed by atoms with Gasteiger partial charge in [-0.15, -0.1) is 0 Å². The highest BCUT2D eigenvalue weighted by Crippen LogP contribution is 2.28. The van der Waals surface area contributed by atoms with Crippen LogP contribution in [-0.4, -0.2) is 57.3 Å². The molecule has 138 valence electrons. The van der Waals surface area contributed by atoms with Gasteiger partial charge in [0.25, 0.3) is 5.91 Å². The van der Waals surface area contributed by atoms with Crippen molar-refractivity contribution >= 4 is 17.7 Å². The van der Waals surface area contributed by atoms with Crippen molar-refractivity contribution in [1.82, 2.24) is 20.0 Å². The number of rotatable bonds is 4. The Hall–Kier alpha value is -1.01. The van der Waals surface area contributed by atoms with E-state index < -0.39 is 0 Å². The topological polar surface area (TPSA) is 50.2 Å². The van der Waals surface area contributed by atoms with Gasteiger partial charge in [-0.05, 0) is 39.0 Å². The molecule has 4 rings (SSSR count). The Bertz CT molecular complexity index is 617. The molecule has 2 aliphatic carbocycles. The Morgan fingerprint density at radius 1 is 1.20 bits per heavy atom. The van der Waals surface area contributed by atoms with Crippen LogP contribution in [0.15, 0.2) is 0 Å². The molecule has 3 aliphatic rings. The lowest BCUT2D eigenvalue weighted by molar-refractivity contribution is 0.0764. The monoisotopic (exact) mass is 362 g/mol. The Labute approximate surface area is 154 Å². The first-order valence-corrected chi connectivity index (χ1v) is 11.1. The minimum absolute atomic E-state index is 0.158. The van der Waals surface area contributed by atoms with E-state index in [1.54, 1.807) is 0 Å². The molecule has 0 spiro atoms. The number of hydrogen-bond donors (Lipinski definition) is 1. The van der Waals surface area contributed by atoms with Crippen LogP contribution in [0.25, 0.3) is 0 Å². The van der Waals surface area contributed by atoms with E-state index >= 15 is 0 Å². The number of aromatic nitrogens is 2. The first kappa shape index (κ1) is 17.4. The summed E-state index contributed by atoms with van der Waals surface area (Å²) in [6.07, 6.45) is 8.53. The largest absolute Gasteiger partial charge is 0.336 e. The Balaban J connectivity index is 1.54. The molecule has 0 radical (unpaired) electrons. The first-order valence-electron chi connectivity index (χ1n) is 9.98. The quantitative estimate of drug-likeness (QED) is 0.894. The third-order valence-corrected chi connectivity index (χ3v) is 6.92. The van der Waals surface area contributed by atoms with Gasteiger partial charge in [-0.2, -0.15) is 16.9 Å². The van der Waals surface area contributed by atoms with Crippen molar-refractivity contribution in [3.8, 4) is 0 Å². The zero-order valence-corrected chi connectivity index (χ0v) is 16.1. The van der Waals surface area contributed by atoms with Gasteiger partial charge in [0, 0.05) is 54.5 Å². The van der Waals surface area contributed by atoms with Crippen LogP contribution in [0.2, 0.25) is 0 Å². The average molecular weight is 363 g/mol. The van der Waals surface area contributed by atoms with Gasteiger partial charge in [-0.3, -0.25) is 9.48 Å². The average Bonchev–Trinajstić information content (AvgIpc) is 3.29. The highest BCUT2D eigenvalue weighted by Gasteiger charge is 2.32. The van der Waals surface area contributed by atoms with E-state index in [9.17, 15) is 4.79 Å². The lowest BCUT2D eigenvalue weighted by Gasteiger charge is -2.29. The summed E-state index contributed by atoms with van der Waals surface area (Å²) in [5.74, 6) is 2.26. The Morgan fingerprint density at radius 2 is 1.96 bits per heavy atom. The minimum atomic E-state index is 0.158. The van der Waals surface area contributed by atoms with Gasteiger partial charge >= 0.3 is 0 Å². The van der Waals surface area contributed by atoms with Crippen LogP contribution in [0.3, 0.4) is 0 Å². The molecule has 0 unspecified atom stereocenters. The molecule has 1 N–H and O–H groups in total. The second-order valence-corrected chi connectivity index (χ2v) is 8.81. The lowest BCUT2D eigenvalue weighted by Crippen LogP contribution is -2.41. The van der Waals surface area contributed by atoms with Crippen LogP contribution < -0.4 is 5.32 Å². The summed E-state index contributed by atoms with van der Waals surface area (Å²) in [5.41, 5.74) is 3.27. The number of nitrogens with zero attached hydrogens (tertiary/aromatic N) is 3. The fourth-order valence-electron chi connectivity index (χ4n) is 4.61. The number of nitrogens with one attached hydrogen (secondary N) is 1. The predicted octanol–water partition coefficient (Wildman–Crippen LogP) is 2.48. The van der Waals surface area contributed by atoms with Crippen molar-refractivity contribution in [3.63, 3.8) is 0 Å². The number of aryl methyl sites for hydroxylation is 1. The van der Waals surface area contributed by atoms with Gasteiger partial charge in [0.15, 0.2) is 5.69 Å². The number of amides is 1. The molecule has 1 amide bonds. The maximum atomic E-state index is 13.1. The van der Waals surface area contributed by atoms with Gasteiger partial charge < -0.3 is 10.2 Å². The second kappa shape index (κ2) is 7.70. The van der Waals surface area contributed by atoms with Gasteiger partial charge in [0.05, 0.1) is 0 Å². The number of thioether (sulfide) groups is 1. The summed E-state index contributed by atoms with van der Waals surface area (Å²) >= 11 is 1.94. The van der Waals surface area contributed by atoms with Crippen LogP contribution in [0, 0.1) is 0 Å². The zero-order chi connectivity index (χ0) is 17.2. The number of carbonyl (C=O) groups is 1. The molecule has 1 saturated carbocycles. The lowest BCUT2D eigenvalue weighted by atomic mass is 9.90. The number of carbonyl (C=O) groups excluding carboxylic acids is 1. The smallest absolute Gasteiger partial charge is 0.274 e. The molecule has 1 atom stereocenters. The molecular weight excluding hydrogens is 332 g/mol. The summed E-state index contributed by atoms with van der Waals surface area (Å²) in [5, 5.41) is 8.61. The van der Waals surface area contributed by atoms with Crippen molar-refractivity contribution < 1.29 is 4.79 Å². The van der Waals surface area contributed by atoms with Crippen LogP contribution in [0.4, 0.5) is 0 Å². The van der Waals surface area contributed by atoms with E-state index in [1.807, 2.05) is 16.7 Å². The van der Waals surface area contributed by atoms with E-state index in [2.05, 4.69) is 16.9 Å². The van der Waals surface area contributed by atoms with Crippen LogP contribution in [0.5, 0.6) is 0 Å². The molecule has 1 aromatic rings. The van der Waals surface area contributed by atoms with Crippen LogP contribution in [-0.2, 0) is 19.4 Å². The van der Waals surface area contributed by atoms with Crippen molar-refractivity contribution in [2.24, 2.45) is 0 Å². The summed E-state index contributed by atoms with van der Waals surface area (Å²) in [4.78, 5) is 15.1. The SMILES string of the molecule is CCn1nc(C(=O)N2CCSCC2)c2c1CC[C@@H](NC1CCCC1)C2. The molecule has 2 fully saturated rings. The van der Waals surface area contributed by atoms with E-state index in [-0.39, 0.29) is 5.91 Å². The molecule has 0 bridgehead atoms. The molecule has 6 heteroatoms. The van der Waals surface area contributed by atoms with Crippen molar-refractivity contribution in [2.75, 3.05) is 24.6 Å². The molecule has 0 aromatic carbocycles. The van der Waals surface area contributed by atoms with Crippen molar-refractivity contribution in [2.45, 2.75) is 70.5 Å². The normalized spacial score (nSPS) is 24.5. The molecule has 1 aliphatic heterocycles. The molecule has 25 heavy (non-hydrogen) atoms. The highest BCUT2D eigenvalue weighted by molar-refractivity contribution is 7.99. The van der Waals surface area contributed by atoms with Crippen molar-refractivity contribution in [1.29, 1.82) is 0 Å². The molecule has 1 saturated heterocycles. The molecular formula is C19H30N4OS. The number of hydrogen-bond acceptors (Lipinski definition) is 4. The van der Waals surface area contributed by atoms with Gasteiger partial charge in [-0.25, -0.2) is 0 Å². The minimum Gasteiger partial charge on any atom is -0.336 e. The molecule has 5 nitrogen and oxygen atoms in total. The fourth-order valence-corrected chi connectivity index (χ4v) is 5.51. The molecule has 1 aromatic heterocycles. The summed E-state index contributed by atoms with van der Waals surface area (Å²) < 4.78 is 2.08. The predicted molar refractivity (Wildman–Crippen MR) is 102 cm³/mol. The summed E-state index contributed by atoms with van der Waals surface area (Å²) in [6, 6.07) is 1.19. The Kier molecular flexibility index (Phi) is 5.36. The number of fused-ring (bicyclic) bond motifs is 1. The fraction of sp³-hybridized carbons (Fsp3) is 0.789. The maximum absolute atomic E-state index is 13.1. The third kappa shape index (κ3) is 3.61. The standard InChI is InChI=1S/C19H30N4OS/c1-2-23-17-8-7-15(20-14-5-3-4-6-14)13-16(17)18(21-23)19(24)22-9-11-25-12-10-22/h14-15,20H,2-13H2,1H3/t15-/m1/s1. The van der Waals surface area contributed by atoms with E-state index in [4.69, 9.17) is 5.10 Å².